The summed E-state index contributed by atoms with van der Waals surface area (Å²) in [5, 5.41) is 3.82. The number of nitrogens with one attached hydrogen (secondary N) is 1. The van der Waals surface area contributed by atoms with E-state index in [-0.39, 0.29) is 0 Å². The fourth-order valence-electron chi connectivity index (χ4n) is 3.78. The average Bonchev–Trinajstić information content (AvgIpc) is 3.23. The van der Waals surface area contributed by atoms with Gasteiger partial charge in [-0.3, -0.25) is 4.90 Å². The Bertz CT molecular complexity index is 315. The van der Waals surface area contributed by atoms with Gasteiger partial charge in [-0.1, -0.05) is 20.8 Å². The van der Waals surface area contributed by atoms with Crippen molar-refractivity contribution in [2.24, 2.45) is 11.3 Å². The molecule has 0 bridgehead atoms. The Hall–Kier alpha value is -0.120. The molecule has 3 fully saturated rings. The third-order valence-corrected chi connectivity index (χ3v) is 5.38. The molecule has 116 valence electrons. The number of nitrogens with zero attached hydrogens (tertiary/aromatic N) is 1. The zero-order valence-corrected chi connectivity index (χ0v) is 13.5. The molecule has 0 aromatic rings. The van der Waals surface area contributed by atoms with Gasteiger partial charge < -0.3 is 10.1 Å². The van der Waals surface area contributed by atoms with Crippen LogP contribution in [-0.2, 0) is 4.74 Å². The molecule has 3 atom stereocenters. The molecular formula is C17H32N2O. The SMILES string of the molecule is CC(C)(C)C1CN(CC2CCCCO2)C(C2CC2)CN1. The zero-order valence-electron chi connectivity index (χ0n) is 13.5. The summed E-state index contributed by atoms with van der Waals surface area (Å²) in [5.74, 6) is 0.951. The molecule has 1 N–H and O–H groups in total. The third kappa shape index (κ3) is 3.55. The zero-order chi connectivity index (χ0) is 14.2. The van der Waals surface area contributed by atoms with Crippen LogP contribution in [0.4, 0.5) is 0 Å². The quantitative estimate of drug-likeness (QED) is 0.860. The van der Waals surface area contributed by atoms with Crippen molar-refractivity contribution in [3.05, 3.63) is 0 Å². The topological polar surface area (TPSA) is 24.5 Å². The van der Waals surface area contributed by atoms with Crippen molar-refractivity contribution in [2.75, 3.05) is 26.2 Å². The van der Waals surface area contributed by atoms with E-state index in [9.17, 15) is 0 Å². The minimum Gasteiger partial charge on any atom is -0.377 e. The molecule has 0 radical (unpaired) electrons. The fraction of sp³-hybridized carbons (Fsp3) is 1.00. The maximum Gasteiger partial charge on any atom is 0.0702 e. The molecule has 2 heterocycles. The van der Waals surface area contributed by atoms with Crippen LogP contribution in [0.25, 0.3) is 0 Å². The van der Waals surface area contributed by atoms with Crippen LogP contribution in [0.3, 0.4) is 0 Å². The molecule has 3 unspecified atom stereocenters. The summed E-state index contributed by atoms with van der Waals surface area (Å²) in [5.41, 5.74) is 0.347. The van der Waals surface area contributed by atoms with E-state index in [2.05, 4.69) is 31.0 Å². The Labute approximate surface area is 124 Å². The van der Waals surface area contributed by atoms with Gasteiger partial charge in [-0.15, -0.1) is 0 Å². The van der Waals surface area contributed by atoms with Gasteiger partial charge in [0.05, 0.1) is 6.10 Å². The number of ether oxygens (including phenoxy) is 1. The van der Waals surface area contributed by atoms with E-state index in [1.54, 1.807) is 0 Å². The Morgan fingerprint density at radius 3 is 2.55 bits per heavy atom. The highest BCUT2D eigenvalue weighted by atomic mass is 16.5. The fourth-order valence-corrected chi connectivity index (χ4v) is 3.78. The maximum absolute atomic E-state index is 5.99. The van der Waals surface area contributed by atoms with Gasteiger partial charge in [0.1, 0.15) is 0 Å². The number of hydrogen-bond donors (Lipinski definition) is 1. The van der Waals surface area contributed by atoms with Crippen LogP contribution >= 0.6 is 0 Å². The molecule has 3 aliphatic rings. The highest BCUT2D eigenvalue weighted by Crippen LogP contribution is 2.38. The lowest BCUT2D eigenvalue weighted by Crippen LogP contribution is -2.62. The minimum absolute atomic E-state index is 0.347. The molecule has 0 aromatic carbocycles. The summed E-state index contributed by atoms with van der Waals surface area (Å²) in [6, 6.07) is 1.38. The maximum atomic E-state index is 5.99. The highest BCUT2D eigenvalue weighted by Gasteiger charge is 2.41. The van der Waals surface area contributed by atoms with Gasteiger partial charge in [-0.25, -0.2) is 0 Å². The van der Waals surface area contributed by atoms with Gasteiger partial charge >= 0.3 is 0 Å². The van der Waals surface area contributed by atoms with Gasteiger partial charge in [0.2, 0.25) is 0 Å². The van der Waals surface area contributed by atoms with E-state index in [0.717, 1.165) is 25.1 Å². The van der Waals surface area contributed by atoms with Gasteiger partial charge in [-0.2, -0.15) is 0 Å². The van der Waals surface area contributed by atoms with E-state index in [0.29, 0.717) is 17.6 Å². The average molecular weight is 280 g/mol. The summed E-state index contributed by atoms with van der Waals surface area (Å²) in [6.07, 6.45) is 7.25. The van der Waals surface area contributed by atoms with Crippen LogP contribution in [0, 0.1) is 11.3 Å². The lowest BCUT2D eigenvalue weighted by atomic mass is 9.84. The number of hydrogen-bond acceptors (Lipinski definition) is 3. The van der Waals surface area contributed by atoms with Crippen LogP contribution in [0.5, 0.6) is 0 Å². The first kappa shape index (κ1) is 14.8. The van der Waals surface area contributed by atoms with Crippen LogP contribution in [0.2, 0.25) is 0 Å². The normalized spacial score (nSPS) is 37.0. The summed E-state index contributed by atoms with van der Waals surface area (Å²) in [4.78, 5) is 2.76. The lowest BCUT2D eigenvalue weighted by Gasteiger charge is -2.46. The Morgan fingerprint density at radius 1 is 1.15 bits per heavy atom. The van der Waals surface area contributed by atoms with E-state index < -0.39 is 0 Å². The molecule has 20 heavy (non-hydrogen) atoms. The third-order valence-electron chi connectivity index (χ3n) is 5.38. The Balaban J connectivity index is 1.62. The molecule has 2 aliphatic heterocycles. The molecule has 1 aliphatic carbocycles. The number of rotatable bonds is 3. The van der Waals surface area contributed by atoms with Crippen molar-refractivity contribution in [3.8, 4) is 0 Å². The van der Waals surface area contributed by atoms with E-state index in [1.807, 2.05) is 0 Å². The van der Waals surface area contributed by atoms with Crippen LogP contribution < -0.4 is 5.32 Å². The second kappa shape index (κ2) is 5.94. The molecule has 1 saturated carbocycles. The molecule has 0 spiro atoms. The monoisotopic (exact) mass is 280 g/mol. The van der Waals surface area contributed by atoms with E-state index in [4.69, 9.17) is 4.74 Å². The van der Waals surface area contributed by atoms with Crippen LogP contribution in [0.15, 0.2) is 0 Å². The molecule has 0 amide bonds. The second-order valence-electron chi connectivity index (χ2n) is 8.17. The van der Waals surface area contributed by atoms with Crippen LogP contribution in [-0.4, -0.2) is 49.3 Å². The largest absolute Gasteiger partial charge is 0.377 e. The van der Waals surface area contributed by atoms with Crippen molar-refractivity contribution in [1.82, 2.24) is 10.2 Å². The first-order chi connectivity index (χ1) is 9.54. The van der Waals surface area contributed by atoms with Gasteiger partial charge in [0.15, 0.2) is 0 Å². The van der Waals surface area contributed by atoms with Crippen molar-refractivity contribution >= 4 is 0 Å². The van der Waals surface area contributed by atoms with Crippen molar-refractivity contribution in [2.45, 2.75) is 71.1 Å². The van der Waals surface area contributed by atoms with Gasteiger partial charge in [0.25, 0.3) is 0 Å². The van der Waals surface area contributed by atoms with Crippen LogP contribution in [0.1, 0.15) is 52.9 Å². The second-order valence-corrected chi connectivity index (χ2v) is 8.17. The molecule has 3 heteroatoms. The summed E-state index contributed by atoms with van der Waals surface area (Å²) >= 11 is 0. The predicted molar refractivity (Wildman–Crippen MR) is 82.9 cm³/mol. The standard InChI is InChI=1S/C17H32N2O/c1-17(2,3)16-12-19(11-14-6-4-5-9-20-14)15(10-18-16)13-7-8-13/h13-16,18H,4-12H2,1-3H3. The van der Waals surface area contributed by atoms with Crippen molar-refractivity contribution in [3.63, 3.8) is 0 Å². The van der Waals surface area contributed by atoms with Crippen molar-refractivity contribution < 1.29 is 4.74 Å². The lowest BCUT2D eigenvalue weighted by molar-refractivity contribution is -0.0296. The van der Waals surface area contributed by atoms with E-state index in [1.165, 1.54) is 45.2 Å². The Kier molecular flexibility index (Phi) is 4.40. The van der Waals surface area contributed by atoms with Gasteiger partial charge in [-0.05, 0) is 43.4 Å². The molecular weight excluding hydrogens is 248 g/mol. The van der Waals surface area contributed by atoms with Crippen molar-refractivity contribution in [1.29, 1.82) is 0 Å². The minimum atomic E-state index is 0.347. The molecule has 2 saturated heterocycles. The summed E-state index contributed by atoms with van der Waals surface area (Å²) < 4.78 is 5.99. The summed E-state index contributed by atoms with van der Waals surface area (Å²) in [7, 11) is 0. The number of piperazine rings is 1. The van der Waals surface area contributed by atoms with Gasteiger partial charge in [0, 0.05) is 38.3 Å². The van der Waals surface area contributed by atoms with E-state index >= 15 is 0 Å². The predicted octanol–water partition coefficient (Wildman–Crippen LogP) is 2.65. The smallest absolute Gasteiger partial charge is 0.0702 e. The Morgan fingerprint density at radius 2 is 1.95 bits per heavy atom. The first-order valence-electron chi connectivity index (χ1n) is 8.63. The molecule has 0 aromatic heterocycles. The highest BCUT2D eigenvalue weighted by molar-refractivity contribution is 4.98. The first-order valence-corrected chi connectivity index (χ1v) is 8.63. The molecule has 3 nitrogen and oxygen atoms in total. The summed E-state index contributed by atoms with van der Waals surface area (Å²) in [6.45, 7) is 11.6. The molecule has 3 rings (SSSR count).